The van der Waals surface area contributed by atoms with Crippen LogP contribution in [0.5, 0.6) is 0 Å². The van der Waals surface area contributed by atoms with Crippen LogP contribution < -0.4 is 12.4 Å². The van der Waals surface area contributed by atoms with Gasteiger partial charge in [-0.05, 0) is 11.1 Å². The summed E-state index contributed by atoms with van der Waals surface area (Å²) in [5.41, 5.74) is 2.80. The SMILES string of the molecule is [Au+].[Cl-].c1ccc(CSCc2ccccc2)cc1. The fourth-order valence-corrected chi connectivity index (χ4v) is 2.39. The number of hydrogen-bond donors (Lipinski definition) is 0. The number of halogens is 1. The second-order valence-electron chi connectivity index (χ2n) is 3.46. The summed E-state index contributed by atoms with van der Waals surface area (Å²) in [4.78, 5) is 0. The van der Waals surface area contributed by atoms with E-state index in [0.29, 0.717) is 0 Å². The fraction of sp³-hybridized carbons (Fsp3) is 0.143. The first kappa shape index (κ1) is 16.8. The minimum atomic E-state index is 0. The molecule has 0 fully saturated rings. The van der Waals surface area contributed by atoms with Gasteiger partial charge in [0.05, 0.1) is 0 Å². The molecule has 17 heavy (non-hydrogen) atoms. The second-order valence-corrected chi connectivity index (χ2v) is 4.45. The topological polar surface area (TPSA) is 0 Å². The Hall–Kier alpha value is -0.180. The first-order valence-electron chi connectivity index (χ1n) is 5.11. The normalized spacial score (nSPS) is 8.94. The maximum atomic E-state index is 2.18. The van der Waals surface area contributed by atoms with Gasteiger partial charge < -0.3 is 12.4 Å². The quantitative estimate of drug-likeness (QED) is 0.635. The van der Waals surface area contributed by atoms with Gasteiger partial charge in [-0.15, -0.1) is 0 Å². The summed E-state index contributed by atoms with van der Waals surface area (Å²) in [5, 5.41) is 0. The molecule has 94 valence electrons. The average Bonchev–Trinajstić information content (AvgIpc) is 2.32. The number of benzene rings is 2. The van der Waals surface area contributed by atoms with Crippen LogP contribution in [0.25, 0.3) is 0 Å². The molecule has 0 saturated carbocycles. The van der Waals surface area contributed by atoms with Gasteiger partial charge in [0.15, 0.2) is 0 Å². The van der Waals surface area contributed by atoms with E-state index in [1.54, 1.807) is 0 Å². The Morgan fingerprint density at radius 1 is 0.647 bits per heavy atom. The molecule has 0 N–H and O–H groups in total. The molecule has 0 unspecified atom stereocenters. The molecule has 0 aliphatic rings. The summed E-state index contributed by atoms with van der Waals surface area (Å²) >= 11 is 1.96. The predicted molar refractivity (Wildman–Crippen MR) is 67.9 cm³/mol. The van der Waals surface area contributed by atoms with Crippen LogP contribution in [0.15, 0.2) is 60.7 Å². The van der Waals surface area contributed by atoms with Crippen molar-refractivity contribution in [2.45, 2.75) is 11.5 Å². The summed E-state index contributed by atoms with van der Waals surface area (Å²) in [5.74, 6) is 2.19. The van der Waals surface area contributed by atoms with E-state index in [-0.39, 0.29) is 34.8 Å². The van der Waals surface area contributed by atoms with Gasteiger partial charge in [0.25, 0.3) is 0 Å². The molecule has 0 bridgehead atoms. The molecule has 2 rings (SSSR count). The molecular weight excluding hydrogens is 433 g/mol. The summed E-state index contributed by atoms with van der Waals surface area (Å²) in [6, 6.07) is 21.2. The minimum absolute atomic E-state index is 0. The average molecular weight is 447 g/mol. The summed E-state index contributed by atoms with van der Waals surface area (Å²) in [6.45, 7) is 0. The third-order valence-electron chi connectivity index (χ3n) is 2.22. The second kappa shape index (κ2) is 9.81. The maximum Gasteiger partial charge on any atom is 1.00 e. The van der Waals surface area contributed by atoms with E-state index >= 15 is 0 Å². The van der Waals surface area contributed by atoms with Crippen molar-refractivity contribution in [1.82, 2.24) is 0 Å². The minimum Gasteiger partial charge on any atom is -1.00 e. The van der Waals surface area contributed by atoms with Crippen molar-refractivity contribution >= 4 is 11.8 Å². The number of thioether (sulfide) groups is 1. The molecule has 0 heterocycles. The Labute approximate surface area is 129 Å². The van der Waals surface area contributed by atoms with Crippen molar-refractivity contribution in [3.8, 4) is 0 Å². The van der Waals surface area contributed by atoms with Gasteiger partial charge in [0.2, 0.25) is 0 Å². The predicted octanol–water partition coefficient (Wildman–Crippen LogP) is 1.12. The standard InChI is InChI=1S/C14H14S.Au.ClH/c1-3-7-13(8-4-1)11-15-12-14-9-5-2-6-10-14;;/h1-10H,11-12H2;;1H/q;+1;/p-1. The van der Waals surface area contributed by atoms with Crippen molar-refractivity contribution < 1.29 is 34.8 Å². The molecule has 0 radical (unpaired) electrons. The van der Waals surface area contributed by atoms with Crippen LogP contribution >= 0.6 is 11.8 Å². The van der Waals surface area contributed by atoms with Crippen molar-refractivity contribution in [1.29, 1.82) is 0 Å². The van der Waals surface area contributed by atoms with E-state index in [9.17, 15) is 0 Å². The number of rotatable bonds is 4. The van der Waals surface area contributed by atoms with Crippen molar-refractivity contribution in [2.75, 3.05) is 0 Å². The molecule has 3 heteroatoms. The van der Waals surface area contributed by atoms with Gasteiger partial charge in [-0.1, -0.05) is 60.7 Å². The van der Waals surface area contributed by atoms with Crippen LogP contribution in [0, 0.1) is 0 Å². The Morgan fingerprint density at radius 2 is 1.00 bits per heavy atom. The molecule has 2 aromatic rings. The van der Waals surface area contributed by atoms with Crippen LogP contribution in [0.2, 0.25) is 0 Å². The first-order valence-corrected chi connectivity index (χ1v) is 6.26. The van der Waals surface area contributed by atoms with E-state index < -0.39 is 0 Å². The zero-order chi connectivity index (χ0) is 10.3. The summed E-state index contributed by atoms with van der Waals surface area (Å²) in [7, 11) is 0. The van der Waals surface area contributed by atoms with Gasteiger partial charge in [-0.2, -0.15) is 11.8 Å². The molecule has 0 spiro atoms. The molecular formula is C14H14AuClS. The smallest absolute Gasteiger partial charge is 1.00 e. The van der Waals surface area contributed by atoms with Crippen molar-refractivity contribution in [3.63, 3.8) is 0 Å². The van der Waals surface area contributed by atoms with Crippen molar-refractivity contribution in [2.24, 2.45) is 0 Å². The van der Waals surface area contributed by atoms with Gasteiger partial charge in [0.1, 0.15) is 0 Å². The van der Waals surface area contributed by atoms with Gasteiger partial charge >= 0.3 is 22.4 Å². The molecule has 2 aromatic carbocycles. The Balaban J connectivity index is 0.00000128. The Bertz CT molecular complexity index is 352. The van der Waals surface area contributed by atoms with Gasteiger partial charge in [-0.25, -0.2) is 0 Å². The van der Waals surface area contributed by atoms with Crippen LogP contribution in [-0.4, -0.2) is 0 Å². The van der Waals surface area contributed by atoms with Crippen LogP contribution in [0.3, 0.4) is 0 Å². The zero-order valence-corrected chi connectivity index (χ0v) is 13.0. The molecule has 0 aliphatic carbocycles. The van der Waals surface area contributed by atoms with Crippen LogP contribution in [-0.2, 0) is 33.9 Å². The monoisotopic (exact) mass is 446 g/mol. The third-order valence-corrected chi connectivity index (χ3v) is 3.30. The first-order chi connectivity index (χ1) is 7.45. The molecule has 0 amide bonds. The fourth-order valence-electron chi connectivity index (χ4n) is 1.44. The van der Waals surface area contributed by atoms with Crippen molar-refractivity contribution in [3.05, 3.63) is 71.8 Å². The third kappa shape index (κ3) is 6.35. The van der Waals surface area contributed by atoms with Gasteiger partial charge in [0, 0.05) is 11.5 Å². The molecule has 0 aliphatic heterocycles. The molecule has 0 saturated heterocycles. The van der Waals surface area contributed by atoms with Crippen LogP contribution in [0.1, 0.15) is 11.1 Å². The summed E-state index contributed by atoms with van der Waals surface area (Å²) < 4.78 is 0. The van der Waals surface area contributed by atoms with E-state index in [4.69, 9.17) is 0 Å². The molecule has 0 aromatic heterocycles. The Morgan fingerprint density at radius 3 is 1.35 bits per heavy atom. The molecule has 0 nitrogen and oxygen atoms in total. The molecule has 0 atom stereocenters. The van der Waals surface area contributed by atoms with E-state index in [1.807, 2.05) is 11.8 Å². The maximum absolute atomic E-state index is 2.18. The largest absolute Gasteiger partial charge is 1.00 e. The Kier molecular flexibility index (Phi) is 9.71. The van der Waals surface area contributed by atoms with E-state index in [1.165, 1.54) is 11.1 Å². The van der Waals surface area contributed by atoms with E-state index in [0.717, 1.165) is 11.5 Å². The van der Waals surface area contributed by atoms with E-state index in [2.05, 4.69) is 60.7 Å². The van der Waals surface area contributed by atoms with Crippen LogP contribution in [0.4, 0.5) is 0 Å². The number of hydrogen-bond acceptors (Lipinski definition) is 1. The van der Waals surface area contributed by atoms with Gasteiger partial charge in [-0.3, -0.25) is 0 Å². The summed E-state index contributed by atoms with van der Waals surface area (Å²) in [6.07, 6.45) is 0. The zero-order valence-electron chi connectivity index (χ0n) is 9.28.